The zero-order valence-corrected chi connectivity index (χ0v) is 11.9. The summed E-state index contributed by atoms with van der Waals surface area (Å²) in [6.45, 7) is 1.61. The van der Waals surface area contributed by atoms with Gasteiger partial charge in [-0.1, -0.05) is 36.4 Å². The topological polar surface area (TPSA) is 63.6 Å². The summed E-state index contributed by atoms with van der Waals surface area (Å²) < 4.78 is 4.96. The van der Waals surface area contributed by atoms with Crippen molar-refractivity contribution < 1.29 is 19.4 Å². The molecule has 21 heavy (non-hydrogen) atoms. The highest BCUT2D eigenvalue weighted by Crippen LogP contribution is 2.30. The van der Waals surface area contributed by atoms with Crippen molar-refractivity contribution >= 4 is 11.8 Å². The van der Waals surface area contributed by atoms with Crippen LogP contribution < -0.4 is 0 Å². The first-order valence-electron chi connectivity index (χ1n) is 6.88. The molecule has 0 aromatic heterocycles. The number of aliphatic hydroxyl groups is 1. The fourth-order valence-electron chi connectivity index (χ4n) is 2.34. The lowest BCUT2D eigenvalue weighted by molar-refractivity contribution is -0.137. The van der Waals surface area contributed by atoms with Gasteiger partial charge in [0.25, 0.3) is 0 Å². The van der Waals surface area contributed by atoms with E-state index in [1.807, 2.05) is 30.3 Å². The van der Waals surface area contributed by atoms with Crippen molar-refractivity contribution in [2.45, 2.75) is 25.4 Å². The first-order valence-corrected chi connectivity index (χ1v) is 6.88. The van der Waals surface area contributed by atoms with Crippen LogP contribution in [0.3, 0.4) is 0 Å². The second-order valence-electron chi connectivity index (χ2n) is 4.93. The average Bonchev–Trinajstić information content (AvgIpc) is 2.49. The molecule has 1 aromatic rings. The molecule has 0 spiro atoms. The Morgan fingerprint density at radius 2 is 2.10 bits per heavy atom. The lowest BCUT2D eigenvalue weighted by Gasteiger charge is -2.26. The van der Waals surface area contributed by atoms with Gasteiger partial charge in [0.15, 0.2) is 5.78 Å². The van der Waals surface area contributed by atoms with Gasteiger partial charge in [-0.25, -0.2) is 4.79 Å². The predicted octanol–water partition coefficient (Wildman–Crippen LogP) is 2.15. The van der Waals surface area contributed by atoms with Crippen molar-refractivity contribution in [2.24, 2.45) is 0 Å². The molecular weight excluding hydrogens is 268 g/mol. The quantitative estimate of drug-likeness (QED) is 0.680. The van der Waals surface area contributed by atoms with Crippen LogP contribution in [-0.2, 0) is 14.3 Å². The molecule has 0 saturated carbocycles. The molecule has 0 unspecified atom stereocenters. The van der Waals surface area contributed by atoms with Gasteiger partial charge in [-0.2, -0.15) is 0 Å². The van der Waals surface area contributed by atoms with Crippen molar-refractivity contribution in [3.8, 4) is 0 Å². The van der Waals surface area contributed by atoms with E-state index in [1.165, 1.54) is 12.2 Å². The fraction of sp³-hybridized carbons (Fsp3) is 0.294. The van der Waals surface area contributed by atoms with Crippen molar-refractivity contribution in [1.29, 1.82) is 0 Å². The molecule has 1 aliphatic rings. The minimum atomic E-state index is -0.750. The highest BCUT2D eigenvalue weighted by Gasteiger charge is 2.30. The fourth-order valence-corrected chi connectivity index (χ4v) is 2.34. The van der Waals surface area contributed by atoms with E-state index >= 15 is 0 Å². The average molecular weight is 286 g/mol. The number of aliphatic hydroxyl groups excluding tert-OH is 1. The second-order valence-corrected chi connectivity index (χ2v) is 4.93. The highest BCUT2D eigenvalue weighted by molar-refractivity contribution is 5.97. The van der Waals surface area contributed by atoms with Gasteiger partial charge in [-0.05, 0) is 18.6 Å². The molecule has 0 aliphatic heterocycles. The molecule has 1 N–H and O–H groups in total. The van der Waals surface area contributed by atoms with Gasteiger partial charge in [0.1, 0.15) is 6.61 Å². The van der Waals surface area contributed by atoms with Crippen LogP contribution in [0.15, 0.2) is 54.1 Å². The molecule has 2 atom stereocenters. The number of hydrogen-bond donors (Lipinski definition) is 1. The highest BCUT2D eigenvalue weighted by atomic mass is 16.5. The number of carbonyl (C=O) groups excluding carboxylic acids is 2. The van der Waals surface area contributed by atoms with Crippen LogP contribution in [0.5, 0.6) is 0 Å². The first kappa shape index (κ1) is 15.2. The van der Waals surface area contributed by atoms with Crippen molar-refractivity contribution in [3.63, 3.8) is 0 Å². The lowest BCUT2D eigenvalue weighted by Crippen LogP contribution is -2.28. The summed E-state index contributed by atoms with van der Waals surface area (Å²) in [5, 5.41) is 10.2. The minimum absolute atomic E-state index is 0.0950. The lowest BCUT2D eigenvalue weighted by atomic mass is 9.82. The predicted molar refractivity (Wildman–Crippen MR) is 78.7 cm³/mol. The van der Waals surface area contributed by atoms with Gasteiger partial charge in [-0.3, -0.25) is 4.79 Å². The van der Waals surface area contributed by atoms with Crippen LogP contribution in [0.1, 0.15) is 24.8 Å². The van der Waals surface area contributed by atoms with Gasteiger partial charge >= 0.3 is 5.97 Å². The number of ether oxygens (including phenoxy) is 1. The minimum Gasteiger partial charge on any atom is -0.458 e. The maximum Gasteiger partial charge on any atom is 0.330 e. The molecule has 1 aromatic carbocycles. The van der Waals surface area contributed by atoms with Gasteiger partial charge in [-0.15, -0.1) is 0 Å². The number of hydrogen-bond acceptors (Lipinski definition) is 4. The summed E-state index contributed by atoms with van der Waals surface area (Å²) in [4.78, 5) is 23.4. The molecule has 2 rings (SSSR count). The molecule has 0 saturated heterocycles. The Balaban J connectivity index is 2.06. The number of allylic oxidation sites excluding steroid dienone is 1. The molecule has 110 valence electrons. The molecule has 1 aliphatic carbocycles. The summed E-state index contributed by atoms with van der Waals surface area (Å²) in [5.41, 5.74) is 1.28. The zero-order valence-electron chi connectivity index (χ0n) is 11.9. The van der Waals surface area contributed by atoms with E-state index in [1.54, 1.807) is 13.0 Å². The Morgan fingerprint density at radius 1 is 1.38 bits per heavy atom. The zero-order chi connectivity index (χ0) is 15.2. The molecule has 0 bridgehead atoms. The van der Waals surface area contributed by atoms with Crippen molar-refractivity contribution in [1.82, 2.24) is 0 Å². The van der Waals surface area contributed by atoms with Gasteiger partial charge in [0, 0.05) is 24.0 Å². The van der Waals surface area contributed by atoms with E-state index in [0.717, 1.165) is 5.56 Å². The second kappa shape index (κ2) is 6.99. The number of esters is 1. The molecule has 4 nitrogen and oxygen atoms in total. The number of Topliss-reactive ketones (excluding diaryl/α,β-unsaturated/α-hetero) is 1. The number of rotatable bonds is 4. The molecule has 0 radical (unpaired) electrons. The molecular formula is C17H18O4. The smallest absolute Gasteiger partial charge is 0.330 e. The Bertz CT molecular complexity index is 572. The maximum atomic E-state index is 12.1. The van der Waals surface area contributed by atoms with Crippen LogP contribution in [0.25, 0.3) is 0 Å². The molecule has 0 heterocycles. The van der Waals surface area contributed by atoms with Crippen LogP contribution in [-0.4, -0.2) is 29.6 Å². The Hall–Kier alpha value is -2.20. The first-order chi connectivity index (χ1) is 10.1. The number of ketones is 1. The number of benzene rings is 1. The van der Waals surface area contributed by atoms with E-state index in [0.29, 0.717) is 5.57 Å². The number of carbonyl (C=O) groups is 2. The summed E-state index contributed by atoms with van der Waals surface area (Å²) in [7, 11) is 0. The largest absolute Gasteiger partial charge is 0.458 e. The monoisotopic (exact) mass is 286 g/mol. The maximum absolute atomic E-state index is 12.1. The van der Waals surface area contributed by atoms with Crippen LogP contribution >= 0.6 is 0 Å². The third kappa shape index (κ3) is 3.89. The van der Waals surface area contributed by atoms with Crippen LogP contribution in [0.4, 0.5) is 0 Å². The summed E-state index contributed by atoms with van der Waals surface area (Å²) in [5.74, 6) is -0.831. The SMILES string of the molecule is C/C=C/C(=O)OCC1=C[C@H](O)[C@H](c2ccccc2)CC1=O. The van der Waals surface area contributed by atoms with E-state index in [4.69, 9.17) is 4.74 Å². The van der Waals surface area contributed by atoms with Gasteiger partial charge in [0.2, 0.25) is 0 Å². The van der Waals surface area contributed by atoms with E-state index in [-0.39, 0.29) is 24.7 Å². The van der Waals surface area contributed by atoms with Gasteiger partial charge in [0.05, 0.1) is 6.10 Å². The van der Waals surface area contributed by atoms with Crippen molar-refractivity contribution in [2.75, 3.05) is 6.61 Å². The molecule has 0 amide bonds. The van der Waals surface area contributed by atoms with E-state index < -0.39 is 12.1 Å². The van der Waals surface area contributed by atoms with Crippen LogP contribution in [0, 0.1) is 0 Å². The Kier molecular flexibility index (Phi) is 5.06. The Morgan fingerprint density at radius 3 is 2.76 bits per heavy atom. The third-order valence-electron chi connectivity index (χ3n) is 3.45. The summed E-state index contributed by atoms with van der Waals surface area (Å²) in [6.07, 6.45) is 3.82. The van der Waals surface area contributed by atoms with Crippen molar-refractivity contribution in [3.05, 3.63) is 59.7 Å². The van der Waals surface area contributed by atoms with Crippen LogP contribution in [0.2, 0.25) is 0 Å². The Labute approximate surface area is 123 Å². The van der Waals surface area contributed by atoms with Gasteiger partial charge < -0.3 is 9.84 Å². The summed E-state index contributed by atoms with van der Waals surface area (Å²) >= 11 is 0. The molecule has 0 fully saturated rings. The standard InChI is InChI=1S/C17H18O4/c1-2-6-17(20)21-11-13-9-16(19)14(10-15(13)18)12-7-4-3-5-8-12/h2-9,14,16,19H,10-11H2,1H3/b6-2+/t14-,16-/m0/s1. The van der Waals surface area contributed by atoms with E-state index in [9.17, 15) is 14.7 Å². The van der Waals surface area contributed by atoms with E-state index in [2.05, 4.69) is 0 Å². The summed E-state index contributed by atoms with van der Waals surface area (Å²) in [6, 6.07) is 9.44. The normalized spacial score (nSPS) is 22.2. The third-order valence-corrected chi connectivity index (χ3v) is 3.45. The molecule has 4 heteroatoms.